The lowest BCUT2D eigenvalue weighted by atomic mass is 10.2. The smallest absolute Gasteiger partial charge is 0.277 e. The highest BCUT2D eigenvalue weighted by molar-refractivity contribution is 7.98. The number of nitrogens with zero attached hydrogens (tertiary/aromatic N) is 3. The Bertz CT molecular complexity index is 925. The highest BCUT2D eigenvalue weighted by atomic mass is 35.5. The standard InChI is InChI=1S/C16H14ClN3O3S2/c1-8-14(25-9(2)18-8)15-19-20-16(23-15)24-7-10-5-11(17)13-12(6-10)21-3-4-22-13/h5-6H,3-4,7H2,1-2H3. The predicted molar refractivity (Wildman–Crippen MR) is 96.9 cm³/mol. The molecular weight excluding hydrogens is 382 g/mol. The third-order valence-electron chi connectivity index (χ3n) is 3.52. The molecule has 25 heavy (non-hydrogen) atoms. The van der Waals surface area contributed by atoms with Crippen LogP contribution in [-0.2, 0) is 5.75 Å². The Morgan fingerprint density at radius 2 is 2.04 bits per heavy atom. The molecule has 0 radical (unpaired) electrons. The van der Waals surface area contributed by atoms with Crippen LogP contribution < -0.4 is 9.47 Å². The van der Waals surface area contributed by atoms with Crippen LogP contribution in [0.4, 0.5) is 0 Å². The predicted octanol–water partition coefficient (Wildman–Crippen LogP) is 4.53. The Hall–Kier alpha value is -1.77. The Balaban J connectivity index is 1.49. The number of halogens is 1. The summed E-state index contributed by atoms with van der Waals surface area (Å²) in [5, 5.41) is 10.3. The average molecular weight is 396 g/mol. The zero-order valence-electron chi connectivity index (χ0n) is 13.5. The van der Waals surface area contributed by atoms with Crippen molar-refractivity contribution in [3.8, 4) is 22.3 Å². The van der Waals surface area contributed by atoms with Gasteiger partial charge in [-0.1, -0.05) is 23.4 Å². The van der Waals surface area contributed by atoms with E-state index >= 15 is 0 Å². The molecule has 2 aromatic heterocycles. The molecule has 9 heteroatoms. The van der Waals surface area contributed by atoms with Gasteiger partial charge in [-0.2, -0.15) is 0 Å². The number of aromatic nitrogens is 3. The van der Waals surface area contributed by atoms with Gasteiger partial charge < -0.3 is 13.9 Å². The van der Waals surface area contributed by atoms with Crippen LogP contribution >= 0.6 is 34.7 Å². The summed E-state index contributed by atoms with van der Waals surface area (Å²) >= 11 is 9.26. The van der Waals surface area contributed by atoms with Crippen molar-refractivity contribution in [1.29, 1.82) is 0 Å². The number of ether oxygens (including phenoxy) is 2. The van der Waals surface area contributed by atoms with E-state index in [0.717, 1.165) is 21.1 Å². The van der Waals surface area contributed by atoms with Gasteiger partial charge in [-0.05, 0) is 31.5 Å². The fraction of sp³-hybridized carbons (Fsp3) is 0.312. The number of aryl methyl sites for hydroxylation is 2. The summed E-state index contributed by atoms with van der Waals surface area (Å²) in [6.45, 7) is 4.94. The van der Waals surface area contributed by atoms with E-state index in [4.69, 9.17) is 25.5 Å². The summed E-state index contributed by atoms with van der Waals surface area (Å²) in [5.74, 6) is 2.43. The Labute approximate surface area is 157 Å². The fourth-order valence-electron chi connectivity index (χ4n) is 2.48. The van der Waals surface area contributed by atoms with E-state index in [0.29, 0.717) is 46.6 Å². The molecule has 0 saturated carbocycles. The first-order chi connectivity index (χ1) is 12.1. The van der Waals surface area contributed by atoms with Gasteiger partial charge in [-0.25, -0.2) is 4.98 Å². The lowest BCUT2D eigenvalue weighted by molar-refractivity contribution is 0.171. The van der Waals surface area contributed by atoms with Gasteiger partial charge in [-0.3, -0.25) is 0 Å². The highest BCUT2D eigenvalue weighted by Gasteiger charge is 2.18. The molecule has 0 aliphatic carbocycles. The molecule has 1 aromatic carbocycles. The quantitative estimate of drug-likeness (QED) is 0.601. The second-order valence-corrected chi connectivity index (χ2v) is 7.95. The molecule has 4 rings (SSSR count). The largest absolute Gasteiger partial charge is 0.486 e. The maximum Gasteiger partial charge on any atom is 0.277 e. The summed E-state index contributed by atoms with van der Waals surface area (Å²) in [6.07, 6.45) is 0. The Morgan fingerprint density at radius 3 is 2.84 bits per heavy atom. The first-order valence-electron chi connectivity index (χ1n) is 7.59. The normalized spacial score (nSPS) is 13.2. The second kappa shape index (κ2) is 6.86. The van der Waals surface area contributed by atoms with E-state index in [1.54, 1.807) is 11.3 Å². The van der Waals surface area contributed by atoms with Crippen LogP contribution in [0.25, 0.3) is 10.8 Å². The van der Waals surface area contributed by atoms with Gasteiger partial charge in [0.05, 0.1) is 15.7 Å². The lowest BCUT2D eigenvalue weighted by Crippen LogP contribution is -2.15. The molecule has 0 spiro atoms. The van der Waals surface area contributed by atoms with Gasteiger partial charge in [0.15, 0.2) is 11.5 Å². The minimum Gasteiger partial charge on any atom is -0.486 e. The third kappa shape index (κ3) is 3.47. The van der Waals surface area contributed by atoms with Crippen LogP contribution in [0, 0.1) is 13.8 Å². The summed E-state index contributed by atoms with van der Waals surface area (Å²) in [4.78, 5) is 5.30. The minimum atomic E-state index is 0.505. The van der Waals surface area contributed by atoms with Gasteiger partial charge in [0, 0.05) is 5.75 Å². The molecule has 0 N–H and O–H groups in total. The molecule has 130 valence electrons. The molecule has 3 heterocycles. The SMILES string of the molecule is Cc1nc(C)c(-c2nnc(SCc3cc(Cl)c4c(c3)OCCO4)o2)s1. The van der Waals surface area contributed by atoms with E-state index < -0.39 is 0 Å². The van der Waals surface area contributed by atoms with Crippen LogP contribution in [0.1, 0.15) is 16.3 Å². The average Bonchev–Trinajstić information content (AvgIpc) is 3.19. The second-order valence-electron chi connectivity index (χ2n) is 5.41. The van der Waals surface area contributed by atoms with Crippen molar-refractivity contribution in [3.63, 3.8) is 0 Å². The van der Waals surface area contributed by atoms with Crippen LogP contribution in [0.2, 0.25) is 5.02 Å². The molecule has 1 aliphatic heterocycles. The van der Waals surface area contributed by atoms with Gasteiger partial charge in [0.2, 0.25) is 0 Å². The zero-order valence-corrected chi connectivity index (χ0v) is 15.9. The molecule has 0 fully saturated rings. The third-order valence-corrected chi connectivity index (χ3v) is 5.75. The van der Waals surface area contributed by atoms with Crippen LogP contribution in [0.15, 0.2) is 21.8 Å². The van der Waals surface area contributed by atoms with E-state index in [9.17, 15) is 0 Å². The van der Waals surface area contributed by atoms with Gasteiger partial charge in [-0.15, -0.1) is 21.5 Å². The number of fused-ring (bicyclic) bond motifs is 1. The van der Waals surface area contributed by atoms with Crippen LogP contribution in [-0.4, -0.2) is 28.4 Å². The number of benzene rings is 1. The molecule has 6 nitrogen and oxygen atoms in total. The van der Waals surface area contributed by atoms with Gasteiger partial charge in [0.25, 0.3) is 11.1 Å². The number of thiazole rings is 1. The number of rotatable bonds is 4. The molecule has 1 aliphatic rings. The summed E-state index contributed by atoms with van der Waals surface area (Å²) in [7, 11) is 0. The Morgan fingerprint density at radius 1 is 1.20 bits per heavy atom. The molecule has 0 bridgehead atoms. The summed E-state index contributed by atoms with van der Waals surface area (Å²) < 4.78 is 16.9. The Kier molecular flexibility index (Phi) is 4.58. The van der Waals surface area contributed by atoms with Gasteiger partial charge in [0.1, 0.15) is 18.1 Å². The van der Waals surface area contributed by atoms with Crippen LogP contribution in [0.5, 0.6) is 11.5 Å². The molecule has 0 amide bonds. The number of thioether (sulfide) groups is 1. The lowest BCUT2D eigenvalue weighted by Gasteiger charge is -2.20. The number of hydrogen-bond acceptors (Lipinski definition) is 8. The molecule has 0 saturated heterocycles. The maximum absolute atomic E-state index is 6.26. The number of hydrogen-bond donors (Lipinski definition) is 0. The van der Waals surface area contributed by atoms with Crippen molar-refractivity contribution in [2.45, 2.75) is 24.8 Å². The molecule has 0 unspecified atom stereocenters. The van der Waals surface area contributed by atoms with Crippen LogP contribution in [0.3, 0.4) is 0 Å². The van der Waals surface area contributed by atoms with E-state index in [1.807, 2.05) is 26.0 Å². The van der Waals surface area contributed by atoms with Crippen molar-refractivity contribution >= 4 is 34.7 Å². The van der Waals surface area contributed by atoms with E-state index in [-0.39, 0.29) is 0 Å². The van der Waals surface area contributed by atoms with Crippen molar-refractivity contribution in [2.75, 3.05) is 13.2 Å². The van der Waals surface area contributed by atoms with Gasteiger partial charge >= 0.3 is 0 Å². The van der Waals surface area contributed by atoms with E-state index in [1.165, 1.54) is 11.8 Å². The topological polar surface area (TPSA) is 70.3 Å². The summed E-state index contributed by atoms with van der Waals surface area (Å²) in [5.41, 5.74) is 1.91. The first-order valence-corrected chi connectivity index (χ1v) is 9.77. The fourth-order valence-corrected chi connectivity index (χ4v) is 4.30. The highest BCUT2D eigenvalue weighted by Crippen LogP contribution is 2.39. The van der Waals surface area contributed by atoms with Crippen molar-refractivity contribution in [1.82, 2.24) is 15.2 Å². The zero-order chi connectivity index (χ0) is 17.4. The van der Waals surface area contributed by atoms with Crippen molar-refractivity contribution < 1.29 is 13.9 Å². The van der Waals surface area contributed by atoms with Crippen molar-refractivity contribution in [3.05, 3.63) is 33.4 Å². The monoisotopic (exact) mass is 395 g/mol. The maximum atomic E-state index is 6.26. The first kappa shape index (κ1) is 16.7. The van der Waals surface area contributed by atoms with Crippen molar-refractivity contribution in [2.24, 2.45) is 0 Å². The molecular formula is C16H14ClN3O3S2. The molecule has 0 atom stereocenters. The molecule has 3 aromatic rings. The summed E-state index contributed by atoms with van der Waals surface area (Å²) in [6, 6.07) is 3.80. The van der Waals surface area contributed by atoms with E-state index in [2.05, 4.69) is 15.2 Å². The minimum absolute atomic E-state index is 0.505.